The summed E-state index contributed by atoms with van der Waals surface area (Å²) in [5.74, 6) is -4.51. The lowest BCUT2D eigenvalue weighted by molar-refractivity contribution is -0.159. The van der Waals surface area contributed by atoms with Gasteiger partial charge in [0, 0.05) is 5.56 Å². The van der Waals surface area contributed by atoms with Crippen LogP contribution in [0.25, 0.3) is 0 Å². The van der Waals surface area contributed by atoms with Gasteiger partial charge >= 0.3 is 5.97 Å². The normalized spacial score (nSPS) is 28.4. The minimum atomic E-state index is -1.33. The first kappa shape index (κ1) is 23.2. The standard InChI is InChI=1S/C28H20Cl2FNO4/c1-15(26(35)36-14-16-8-2-7-13-21(16)31)32-24(33)22-23(25(32)34)28(30)18-10-4-3-9-17(18)27(22,29)19-11-5-6-12-20(19)28/h2-13,15,22-23H,14H2,1H3/t15-,22-,23-,27?,28?/m1/s1. The van der Waals surface area contributed by atoms with Crippen LogP contribution in [0.1, 0.15) is 34.7 Å². The van der Waals surface area contributed by atoms with E-state index in [1.54, 1.807) is 6.07 Å². The molecule has 1 aliphatic heterocycles. The maximum atomic E-state index is 14.0. The summed E-state index contributed by atoms with van der Waals surface area (Å²) in [6.07, 6.45) is 0. The number of halogens is 3. The Balaban J connectivity index is 1.40. The number of hydrogen-bond acceptors (Lipinski definition) is 4. The van der Waals surface area contributed by atoms with E-state index in [1.807, 2.05) is 48.5 Å². The van der Waals surface area contributed by atoms with Crippen LogP contribution in [0.5, 0.6) is 0 Å². The third-order valence-electron chi connectivity index (χ3n) is 7.68. The van der Waals surface area contributed by atoms with Crippen LogP contribution in [0.4, 0.5) is 4.39 Å². The van der Waals surface area contributed by atoms with Crippen molar-refractivity contribution in [2.75, 3.05) is 0 Å². The van der Waals surface area contributed by atoms with Gasteiger partial charge in [0.1, 0.15) is 28.2 Å². The summed E-state index contributed by atoms with van der Waals surface area (Å²) < 4.78 is 19.3. The molecule has 8 heteroatoms. The van der Waals surface area contributed by atoms with Crippen LogP contribution in [-0.2, 0) is 35.5 Å². The zero-order valence-electron chi connectivity index (χ0n) is 19.1. The molecule has 1 saturated heterocycles. The van der Waals surface area contributed by atoms with Gasteiger partial charge < -0.3 is 4.74 Å². The summed E-state index contributed by atoms with van der Waals surface area (Å²) in [6, 6.07) is 19.3. The van der Waals surface area contributed by atoms with Crippen LogP contribution in [0.15, 0.2) is 72.8 Å². The highest BCUT2D eigenvalue weighted by atomic mass is 35.5. The van der Waals surface area contributed by atoms with E-state index in [0.717, 1.165) is 4.90 Å². The molecule has 5 nitrogen and oxygen atoms in total. The predicted molar refractivity (Wildman–Crippen MR) is 131 cm³/mol. The molecule has 0 radical (unpaired) electrons. The Labute approximate surface area is 216 Å². The van der Waals surface area contributed by atoms with E-state index in [1.165, 1.54) is 25.1 Å². The van der Waals surface area contributed by atoms with E-state index >= 15 is 0 Å². The SMILES string of the molecule is C[C@H](C(=O)OCc1ccccc1F)N1C(=O)[C@H]2[C@H](C1=O)C1(Cl)c3ccccc3C2(Cl)c2ccccc21. The molecule has 3 aromatic carbocycles. The molecule has 1 heterocycles. The molecule has 2 amide bonds. The lowest BCUT2D eigenvalue weighted by Gasteiger charge is -2.54. The van der Waals surface area contributed by atoms with Crippen molar-refractivity contribution >= 4 is 41.0 Å². The molecule has 36 heavy (non-hydrogen) atoms. The molecular weight excluding hydrogens is 504 g/mol. The molecule has 0 unspecified atom stereocenters. The summed E-state index contributed by atoms with van der Waals surface area (Å²) in [5.41, 5.74) is 2.91. The van der Waals surface area contributed by atoms with E-state index in [2.05, 4.69) is 0 Å². The third kappa shape index (κ3) is 2.80. The zero-order chi connectivity index (χ0) is 25.4. The van der Waals surface area contributed by atoms with Gasteiger partial charge in [-0.05, 0) is 35.2 Å². The number of hydrogen-bond donors (Lipinski definition) is 0. The van der Waals surface area contributed by atoms with Crippen LogP contribution in [0.3, 0.4) is 0 Å². The maximum absolute atomic E-state index is 14.0. The van der Waals surface area contributed by atoms with Crippen LogP contribution in [-0.4, -0.2) is 28.7 Å². The van der Waals surface area contributed by atoms with Crippen LogP contribution in [0.2, 0.25) is 0 Å². The van der Waals surface area contributed by atoms with Crippen molar-refractivity contribution in [3.05, 3.63) is 106 Å². The van der Waals surface area contributed by atoms with E-state index < -0.39 is 51.2 Å². The molecule has 1 fully saturated rings. The van der Waals surface area contributed by atoms with Crippen LogP contribution in [0, 0.1) is 17.7 Å². The molecule has 7 rings (SSSR count). The van der Waals surface area contributed by atoms with Gasteiger partial charge in [0.15, 0.2) is 0 Å². The van der Waals surface area contributed by atoms with E-state index in [9.17, 15) is 18.8 Å². The Kier molecular flexibility index (Phi) is 5.08. The molecule has 3 aliphatic carbocycles. The van der Waals surface area contributed by atoms with Gasteiger partial charge in [-0.2, -0.15) is 0 Å². The predicted octanol–water partition coefficient (Wildman–Crippen LogP) is 4.85. The first-order chi connectivity index (χ1) is 17.2. The summed E-state index contributed by atoms with van der Waals surface area (Å²) >= 11 is 14.7. The zero-order valence-corrected chi connectivity index (χ0v) is 20.6. The molecule has 4 aliphatic rings. The highest BCUT2D eigenvalue weighted by molar-refractivity contribution is 6.36. The highest BCUT2D eigenvalue weighted by Crippen LogP contribution is 2.69. The first-order valence-electron chi connectivity index (χ1n) is 11.6. The van der Waals surface area contributed by atoms with Crippen molar-refractivity contribution in [3.63, 3.8) is 0 Å². The number of imide groups is 1. The lowest BCUT2D eigenvalue weighted by Crippen LogP contribution is -2.57. The van der Waals surface area contributed by atoms with Crippen molar-refractivity contribution in [1.82, 2.24) is 4.90 Å². The van der Waals surface area contributed by atoms with E-state index in [0.29, 0.717) is 22.3 Å². The first-order valence-corrected chi connectivity index (χ1v) is 12.3. The van der Waals surface area contributed by atoms with Crippen LogP contribution >= 0.6 is 23.2 Å². The quantitative estimate of drug-likeness (QED) is 0.278. The Morgan fingerprint density at radius 1 is 0.861 bits per heavy atom. The molecule has 0 spiro atoms. The van der Waals surface area contributed by atoms with Gasteiger partial charge in [-0.1, -0.05) is 66.7 Å². The second kappa shape index (κ2) is 7.89. The smallest absolute Gasteiger partial charge is 0.329 e. The number of rotatable bonds is 4. The fourth-order valence-electron chi connectivity index (χ4n) is 6.06. The molecule has 182 valence electrons. The van der Waals surface area contributed by atoms with Crippen molar-refractivity contribution in [2.24, 2.45) is 11.8 Å². The summed E-state index contributed by atoms with van der Waals surface area (Å²) in [6.45, 7) is 1.09. The minimum Gasteiger partial charge on any atom is -0.459 e. The molecule has 3 aromatic rings. The summed E-state index contributed by atoms with van der Waals surface area (Å²) in [5, 5.41) is 0. The minimum absolute atomic E-state index is 0.189. The van der Waals surface area contributed by atoms with Gasteiger partial charge in [-0.25, -0.2) is 9.18 Å². The number of likely N-dealkylation sites (tertiary alicyclic amines) is 1. The molecule has 0 aromatic heterocycles. The third-order valence-corrected chi connectivity index (χ3v) is 8.96. The monoisotopic (exact) mass is 523 g/mol. The fraction of sp³-hybridized carbons (Fsp3) is 0.250. The molecule has 0 N–H and O–H groups in total. The second-order valence-electron chi connectivity index (χ2n) is 9.39. The highest BCUT2D eigenvalue weighted by Gasteiger charge is 2.73. The van der Waals surface area contributed by atoms with Crippen molar-refractivity contribution in [1.29, 1.82) is 0 Å². The fourth-order valence-corrected chi connectivity index (χ4v) is 7.16. The number of ether oxygens (including phenoxy) is 1. The summed E-state index contributed by atoms with van der Waals surface area (Å²) in [7, 11) is 0. The Hall–Kier alpha value is -3.22. The van der Waals surface area contributed by atoms with Gasteiger partial charge in [-0.3, -0.25) is 14.5 Å². The van der Waals surface area contributed by atoms with Crippen molar-refractivity contribution in [2.45, 2.75) is 29.3 Å². The number of carbonyl (C=O) groups is 3. The van der Waals surface area contributed by atoms with Gasteiger partial charge in [0.25, 0.3) is 0 Å². The molecule has 0 saturated carbocycles. The molecular formula is C28H20Cl2FNO4. The Morgan fingerprint density at radius 3 is 1.72 bits per heavy atom. The average molecular weight is 524 g/mol. The molecule has 2 bridgehead atoms. The maximum Gasteiger partial charge on any atom is 0.329 e. The topological polar surface area (TPSA) is 63.7 Å². The van der Waals surface area contributed by atoms with Crippen molar-refractivity contribution in [3.8, 4) is 0 Å². The lowest BCUT2D eigenvalue weighted by atomic mass is 9.54. The van der Waals surface area contributed by atoms with E-state index in [4.69, 9.17) is 27.9 Å². The number of esters is 1. The number of benzene rings is 3. The number of nitrogens with zero attached hydrogens (tertiary/aromatic N) is 1. The largest absolute Gasteiger partial charge is 0.459 e. The Morgan fingerprint density at radius 2 is 1.28 bits per heavy atom. The van der Waals surface area contributed by atoms with Gasteiger partial charge in [-0.15, -0.1) is 23.2 Å². The average Bonchev–Trinajstić information content (AvgIpc) is 3.17. The van der Waals surface area contributed by atoms with Gasteiger partial charge in [0.05, 0.1) is 11.8 Å². The number of amides is 2. The summed E-state index contributed by atoms with van der Waals surface area (Å²) in [4.78, 5) is 38.9. The number of alkyl halides is 2. The van der Waals surface area contributed by atoms with Crippen LogP contribution < -0.4 is 0 Å². The Bertz CT molecular complexity index is 1340. The second-order valence-corrected chi connectivity index (χ2v) is 10.6. The molecule has 3 atom stereocenters. The number of carbonyl (C=O) groups excluding carboxylic acids is 3. The van der Waals surface area contributed by atoms with Crippen molar-refractivity contribution < 1.29 is 23.5 Å². The van der Waals surface area contributed by atoms with Gasteiger partial charge in [0.2, 0.25) is 11.8 Å². The van der Waals surface area contributed by atoms with E-state index in [-0.39, 0.29) is 12.2 Å².